The number of aliphatic carboxylic acids is 1. The van der Waals surface area contributed by atoms with Gasteiger partial charge in [0.25, 0.3) is 0 Å². The second kappa shape index (κ2) is 3.21. The summed E-state index contributed by atoms with van der Waals surface area (Å²) in [7, 11) is -1.58. The SMILES string of the molecule is C[Si](C)(C)/C(Cl)=C/C(=O)O. The van der Waals surface area contributed by atoms with Crippen LogP contribution in [0.5, 0.6) is 0 Å². The van der Waals surface area contributed by atoms with Gasteiger partial charge in [-0.1, -0.05) is 31.2 Å². The van der Waals surface area contributed by atoms with Crippen LogP contribution in [0.3, 0.4) is 0 Å². The molecule has 0 rings (SSSR count). The summed E-state index contributed by atoms with van der Waals surface area (Å²) < 4.78 is 0.500. The number of hydrogen-bond donors (Lipinski definition) is 1. The lowest BCUT2D eigenvalue weighted by molar-refractivity contribution is -0.131. The lowest BCUT2D eigenvalue weighted by Gasteiger charge is -2.12. The Kier molecular flexibility index (Phi) is 3.12. The van der Waals surface area contributed by atoms with E-state index < -0.39 is 14.0 Å². The van der Waals surface area contributed by atoms with E-state index in [2.05, 4.69) is 0 Å². The molecule has 0 aromatic heterocycles. The van der Waals surface area contributed by atoms with Crippen LogP contribution in [-0.2, 0) is 4.79 Å². The van der Waals surface area contributed by atoms with Crippen molar-refractivity contribution < 1.29 is 9.90 Å². The molecular weight excluding hydrogens is 168 g/mol. The van der Waals surface area contributed by atoms with Crippen LogP contribution in [-0.4, -0.2) is 19.1 Å². The fraction of sp³-hybridized carbons (Fsp3) is 0.500. The predicted molar refractivity (Wildman–Crippen MR) is 44.9 cm³/mol. The van der Waals surface area contributed by atoms with Crippen molar-refractivity contribution in [1.29, 1.82) is 0 Å². The molecule has 10 heavy (non-hydrogen) atoms. The van der Waals surface area contributed by atoms with Crippen molar-refractivity contribution in [3.8, 4) is 0 Å². The van der Waals surface area contributed by atoms with Crippen LogP contribution >= 0.6 is 11.6 Å². The van der Waals surface area contributed by atoms with Crippen LogP contribution in [0.1, 0.15) is 0 Å². The van der Waals surface area contributed by atoms with E-state index in [4.69, 9.17) is 16.7 Å². The summed E-state index contributed by atoms with van der Waals surface area (Å²) in [5, 5.41) is 8.31. The molecule has 0 heterocycles. The number of rotatable bonds is 2. The largest absolute Gasteiger partial charge is 0.478 e. The van der Waals surface area contributed by atoms with E-state index in [9.17, 15) is 4.79 Å². The zero-order chi connectivity index (χ0) is 8.36. The van der Waals surface area contributed by atoms with Crippen LogP contribution in [0.4, 0.5) is 0 Å². The molecular formula is C6H11ClO2Si. The topological polar surface area (TPSA) is 37.3 Å². The van der Waals surface area contributed by atoms with Gasteiger partial charge < -0.3 is 5.11 Å². The Balaban J connectivity index is 4.35. The molecule has 2 nitrogen and oxygen atoms in total. The molecule has 0 radical (unpaired) electrons. The van der Waals surface area contributed by atoms with Gasteiger partial charge in [0.1, 0.15) is 0 Å². The van der Waals surface area contributed by atoms with Crippen molar-refractivity contribution in [2.45, 2.75) is 19.6 Å². The molecule has 0 bridgehead atoms. The minimum Gasteiger partial charge on any atom is -0.478 e. The molecule has 0 aromatic carbocycles. The minimum absolute atomic E-state index is 0.500. The van der Waals surface area contributed by atoms with Gasteiger partial charge in [0.15, 0.2) is 0 Å². The third kappa shape index (κ3) is 3.69. The Labute approximate surface area is 66.5 Å². The van der Waals surface area contributed by atoms with Crippen molar-refractivity contribution in [2.24, 2.45) is 0 Å². The van der Waals surface area contributed by atoms with Gasteiger partial charge >= 0.3 is 5.97 Å². The molecule has 0 aliphatic rings. The summed E-state index contributed by atoms with van der Waals surface area (Å²) >= 11 is 5.69. The first-order valence-electron chi connectivity index (χ1n) is 2.94. The first-order valence-corrected chi connectivity index (χ1v) is 6.82. The maximum atomic E-state index is 10.1. The fourth-order valence-electron chi connectivity index (χ4n) is 0.325. The molecule has 4 heteroatoms. The van der Waals surface area contributed by atoms with Crippen LogP contribution in [0.2, 0.25) is 19.6 Å². The molecule has 0 amide bonds. The third-order valence-corrected chi connectivity index (χ3v) is 4.35. The molecule has 0 fully saturated rings. The van der Waals surface area contributed by atoms with Crippen molar-refractivity contribution >= 4 is 25.6 Å². The quantitative estimate of drug-likeness (QED) is 0.519. The van der Waals surface area contributed by atoms with Gasteiger partial charge in [0.05, 0.1) is 8.07 Å². The summed E-state index contributed by atoms with van der Waals surface area (Å²) in [6.45, 7) is 5.98. The normalized spacial score (nSPS) is 13.4. The standard InChI is InChI=1S/C6H11ClO2Si/c1-10(2,3)5(7)4-6(8)9/h4H,1-3H3,(H,8,9)/b5-4+. The average molecular weight is 179 g/mol. The molecule has 0 unspecified atom stereocenters. The van der Waals surface area contributed by atoms with Crippen molar-refractivity contribution in [1.82, 2.24) is 0 Å². The molecule has 0 aliphatic heterocycles. The number of hydrogen-bond acceptors (Lipinski definition) is 1. The van der Waals surface area contributed by atoms with Gasteiger partial charge in [-0.05, 0) is 0 Å². The first kappa shape index (κ1) is 9.72. The molecule has 58 valence electrons. The van der Waals surface area contributed by atoms with E-state index in [1.807, 2.05) is 19.6 Å². The average Bonchev–Trinajstić information content (AvgIpc) is 1.60. The fourth-order valence-corrected chi connectivity index (χ4v) is 0.975. The van der Waals surface area contributed by atoms with E-state index in [0.717, 1.165) is 6.08 Å². The van der Waals surface area contributed by atoms with Crippen LogP contribution < -0.4 is 0 Å². The Hall–Kier alpha value is -0.283. The van der Waals surface area contributed by atoms with Gasteiger partial charge in [0.2, 0.25) is 0 Å². The molecule has 0 aliphatic carbocycles. The Morgan fingerprint density at radius 2 is 1.90 bits per heavy atom. The van der Waals surface area contributed by atoms with E-state index >= 15 is 0 Å². The predicted octanol–water partition coefficient (Wildman–Crippen LogP) is 2.07. The molecule has 0 atom stereocenters. The van der Waals surface area contributed by atoms with Gasteiger partial charge in [-0.2, -0.15) is 0 Å². The third-order valence-electron chi connectivity index (χ3n) is 0.967. The maximum Gasteiger partial charge on any atom is 0.329 e. The molecule has 0 saturated heterocycles. The number of carboxylic acid groups (broad SMARTS) is 1. The van der Waals surface area contributed by atoms with Gasteiger partial charge in [-0.3, -0.25) is 0 Å². The van der Waals surface area contributed by atoms with Gasteiger partial charge in [-0.15, -0.1) is 0 Å². The summed E-state index contributed by atoms with van der Waals surface area (Å²) in [4.78, 5) is 10.1. The monoisotopic (exact) mass is 178 g/mol. The second-order valence-corrected chi connectivity index (χ2v) is 8.84. The van der Waals surface area contributed by atoms with E-state index in [-0.39, 0.29) is 0 Å². The Morgan fingerprint density at radius 1 is 1.50 bits per heavy atom. The van der Waals surface area contributed by atoms with Crippen molar-refractivity contribution in [3.63, 3.8) is 0 Å². The lowest BCUT2D eigenvalue weighted by Crippen LogP contribution is -2.21. The van der Waals surface area contributed by atoms with Gasteiger partial charge in [0, 0.05) is 10.7 Å². The summed E-state index contributed by atoms with van der Waals surface area (Å²) in [6, 6.07) is 0. The lowest BCUT2D eigenvalue weighted by atomic mass is 10.7. The van der Waals surface area contributed by atoms with E-state index in [0.29, 0.717) is 4.66 Å². The van der Waals surface area contributed by atoms with Crippen molar-refractivity contribution in [3.05, 3.63) is 10.7 Å². The zero-order valence-corrected chi connectivity index (χ0v) is 8.07. The molecule has 0 aromatic rings. The molecule has 1 N–H and O–H groups in total. The second-order valence-electron chi connectivity index (χ2n) is 3.08. The summed E-state index contributed by atoms with van der Waals surface area (Å²) in [5.41, 5.74) is 0. The van der Waals surface area contributed by atoms with Crippen LogP contribution in [0.15, 0.2) is 10.7 Å². The smallest absolute Gasteiger partial charge is 0.329 e. The first-order chi connectivity index (χ1) is 4.34. The van der Waals surface area contributed by atoms with E-state index in [1.54, 1.807) is 0 Å². The number of halogens is 1. The molecule has 0 spiro atoms. The highest BCUT2D eigenvalue weighted by Gasteiger charge is 2.18. The van der Waals surface area contributed by atoms with Crippen LogP contribution in [0, 0.1) is 0 Å². The summed E-state index contributed by atoms with van der Waals surface area (Å²) in [6.07, 6.45) is 1.08. The number of carbonyl (C=O) groups is 1. The van der Waals surface area contributed by atoms with Gasteiger partial charge in [-0.25, -0.2) is 4.79 Å². The zero-order valence-electron chi connectivity index (χ0n) is 6.31. The Bertz CT molecular complexity index is 169. The minimum atomic E-state index is -1.58. The van der Waals surface area contributed by atoms with Crippen molar-refractivity contribution in [2.75, 3.05) is 0 Å². The Morgan fingerprint density at radius 3 is 2.00 bits per heavy atom. The maximum absolute atomic E-state index is 10.1. The van der Waals surface area contributed by atoms with Crippen LogP contribution in [0.25, 0.3) is 0 Å². The number of carboxylic acids is 1. The highest BCUT2D eigenvalue weighted by Crippen LogP contribution is 2.17. The molecule has 0 saturated carbocycles. The highest BCUT2D eigenvalue weighted by atomic mass is 35.5. The van der Waals surface area contributed by atoms with E-state index in [1.165, 1.54) is 0 Å². The highest BCUT2D eigenvalue weighted by molar-refractivity contribution is 6.91. The summed E-state index contributed by atoms with van der Waals surface area (Å²) in [5.74, 6) is -0.965.